The van der Waals surface area contributed by atoms with Crippen molar-refractivity contribution in [1.29, 1.82) is 0 Å². The molecule has 0 spiro atoms. The molecule has 2 amide bonds. The molecule has 1 atom stereocenters. The van der Waals surface area contributed by atoms with E-state index in [0.29, 0.717) is 31.7 Å². The van der Waals surface area contributed by atoms with Crippen molar-refractivity contribution in [3.05, 3.63) is 28.8 Å². The van der Waals surface area contributed by atoms with Crippen molar-refractivity contribution in [3.8, 4) is 0 Å². The molecule has 3 heterocycles. The van der Waals surface area contributed by atoms with Crippen molar-refractivity contribution in [1.82, 2.24) is 14.7 Å². The van der Waals surface area contributed by atoms with Crippen molar-refractivity contribution in [2.24, 2.45) is 0 Å². The van der Waals surface area contributed by atoms with Crippen LogP contribution in [0.3, 0.4) is 0 Å². The van der Waals surface area contributed by atoms with Gasteiger partial charge >= 0.3 is 6.09 Å². The van der Waals surface area contributed by atoms with Gasteiger partial charge in [-0.05, 0) is 43.1 Å². The lowest BCUT2D eigenvalue weighted by atomic mass is 9.94. The number of carboxylic acid groups (broad SMARTS) is 1. The Kier molecular flexibility index (Phi) is 5.41. The highest BCUT2D eigenvalue weighted by Crippen LogP contribution is 2.30. The highest BCUT2D eigenvalue weighted by Gasteiger charge is 2.28. The molecule has 3 aliphatic rings. The van der Waals surface area contributed by atoms with E-state index in [9.17, 15) is 14.7 Å². The van der Waals surface area contributed by atoms with Crippen molar-refractivity contribution < 1.29 is 19.4 Å². The van der Waals surface area contributed by atoms with Gasteiger partial charge in [0.25, 0.3) is 5.91 Å². The first-order chi connectivity index (χ1) is 13.5. The molecule has 0 aliphatic carbocycles. The monoisotopic (exact) mass is 388 g/mol. The van der Waals surface area contributed by atoms with E-state index >= 15 is 0 Å². The van der Waals surface area contributed by atoms with Gasteiger partial charge in [-0.25, -0.2) is 4.79 Å². The molecule has 0 saturated carbocycles. The summed E-state index contributed by atoms with van der Waals surface area (Å²) in [5.74, 6) is 0.0577. The lowest BCUT2D eigenvalue weighted by Crippen LogP contribution is -2.47. The maximum atomic E-state index is 13.1. The van der Waals surface area contributed by atoms with Crippen molar-refractivity contribution in [2.75, 3.05) is 58.3 Å². The van der Waals surface area contributed by atoms with E-state index in [2.05, 4.69) is 17.3 Å². The van der Waals surface area contributed by atoms with Crippen molar-refractivity contribution in [2.45, 2.75) is 25.4 Å². The van der Waals surface area contributed by atoms with Gasteiger partial charge in [-0.15, -0.1) is 0 Å². The number of ether oxygens (including phenoxy) is 1. The zero-order valence-electron chi connectivity index (χ0n) is 16.3. The quantitative estimate of drug-likeness (QED) is 0.812. The fourth-order valence-corrected chi connectivity index (χ4v) is 4.14. The molecule has 3 aliphatic heterocycles. The zero-order chi connectivity index (χ0) is 19.7. The molecule has 8 nitrogen and oxygen atoms in total. The Bertz CT molecular complexity index is 755. The highest BCUT2D eigenvalue weighted by molar-refractivity contribution is 5.96. The smallest absolute Gasteiger partial charge is 0.407 e. The van der Waals surface area contributed by atoms with Gasteiger partial charge in [-0.1, -0.05) is 0 Å². The van der Waals surface area contributed by atoms with E-state index in [1.165, 1.54) is 4.90 Å². The first-order valence-corrected chi connectivity index (χ1v) is 9.97. The molecule has 1 unspecified atom stereocenters. The number of piperazine rings is 1. The fraction of sp³-hybridized carbons (Fsp3) is 0.600. The van der Waals surface area contributed by atoms with Crippen LogP contribution in [0.5, 0.6) is 0 Å². The molecule has 28 heavy (non-hydrogen) atoms. The van der Waals surface area contributed by atoms with Crippen LogP contribution in [0.2, 0.25) is 0 Å². The second kappa shape index (κ2) is 7.97. The van der Waals surface area contributed by atoms with Gasteiger partial charge in [0.2, 0.25) is 0 Å². The molecule has 2 fully saturated rings. The Morgan fingerprint density at radius 3 is 2.61 bits per heavy atom. The lowest BCUT2D eigenvalue weighted by molar-refractivity contribution is 0.0663. The molecule has 0 radical (unpaired) electrons. The maximum Gasteiger partial charge on any atom is 0.407 e. The Morgan fingerprint density at radius 1 is 1.14 bits per heavy atom. The van der Waals surface area contributed by atoms with Crippen LogP contribution >= 0.6 is 0 Å². The SMILES string of the molecule is CN1CCN(C(=O)c2cc3c(c(NC4CCOC4)c2)CN(C(=O)O)CC3)CC1. The Balaban J connectivity index is 1.62. The number of likely N-dealkylation sites (N-methyl/N-ethyl adjacent to an activating group) is 1. The van der Waals surface area contributed by atoms with E-state index in [1.807, 2.05) is 17.0 Å². The van der Waals surface area contributed by atoms with Crippen molar-refractivity contribution in [3.63, 3.8) is 0 Å². The summed E-state index contributed by atoms with van der Waals surface area (Å²) in [5, 5.41) is 12.9. The molecular formula is C20H28N4O4. The number of hydrogen-bond donors (Lipinski definition) is 2. The number of carbonyl (C=O) groups excluding carboxylic acids is 1. The number of amides is 2. The Labute approximate surface area is 165 Å². The molecule has 0 bridgehead atoms. The van der Waals surface area contributed by atoms with E-state index in [-0.39, 0.29) is 11.9 Å². The topological polar surface area (TPSA) is 85.4 Å². The minimum Gasteiger partial charge on any atom is -0.465 e. The number of carbonyl (C=O) groups is 2. The van der Waals surface area contributed by atoms with Crippen molar-refractivity contribution >= 4 is 17.7 Å². The predicted molar refractivity (Wildman–Crippen MR) is 105 cm³/mol. The third-order valence-corrected chi connectivity index (χ3v) is 5.94. The van der Waals surface area contributed by atoms with Crippen LogP contribution in [0.4, 0.5) is 10.5 Å². The molecule has 152 valence electrons. The van der Waals surface area contributed by atoms with Gasteiger partial charge in [0.05, 0.1) is 19.2 Å². The van der Waals surface area contributed by atoms with Gasteiger partial charge in [-0.3, -0.25) is 4.79 Å². The number of benzene rings is 1. The molecule has 8 heteroatoms. The van der Waals surface area contributed by atoms with Gasteiger partial charge in [0.1, 0.15) is 0 Å². The van der Waals surface area contributed by atoms with E-state index in [4.69, 9.17) is 4.74 Å². The first kappa shape index (κ1) is 19.0. The standard InChI is InChI=1S/C20H28N4O4/c1-22-5-7-23(8-6-22)19(25)15-10-14-2-4-24(20(26)27)12-17(14)18(11-15)21-16-3-9-28-13-16/h10-11,16,21H,2-9,12-13H2,1H3,(H,26,27). The van der Waals surface area contributed by atoms with Crippen LogP contribution in [-0.4, -0.2) is 90.8 Å². The zero-order valence-corrected chi connectivity index (χ0v) is 16.3. The van der Waals surface area contributed by atoms with Crippen LogP contribution in [0.25, 0.3) is 0 Å². The number of nitrogens with zero attached hydrogens (tertiary/aromatic N) is 3. The number of rotatable bonds is 3. The number of nitrogens with one attached hydrogen (secondary N) is 1. The summed E-state index contributed by atoms with van der Waals surface area (Å²) < 4.78 is 5.47. The van der Waals surface area contributed by atoms with Crippen LogP contribution in [0, 0.1) is 0 Å². The van der Waals surface area contributed by atoms with Crippen LogP contribution in [-0.2, 0) is 17.7 Å². The number of hydrogen-bond acceptors (Lipinski definition) is 5. The van der Waals surface area contributed by atoms with Gasteiger partial charge < -0.3 is 29.9 Å². The summed E-state index contributed by atoms with van der Waals surface area (Å²) in [7, 11) is 2.07. The lowest BCUT2D eigenvalue weighted by Gasteiger charge is -2.33. The summed E-state index contributed by atoms with van der Waals surface area (Å²) in [6.45, 7) is 5.40. The predicted octanol–water partition coefficient (Wildman–Crippen LogP) is 1.31. The van der Waals surface area contributed by atoms with E-state index in [1.54, 1.807) is 0 Å². The second-order valence-electron chi connectivity index (χ2n) is 7.92. The molecule has 2 saturated heterocycles. The molecule has 0 aromatic heterocycles. The fourth-order valence-electron chi connectivity index (χ4n) is 4.14. The largest absolute Gasteiger partial charge is 0.465 e. The minimum absolute atomic E-state index is 0.0577. The summed E-state index contributed by atoms with van der Waals surface area (Å²) >= 11 is 0. The summed E-state index contributed by atoms with van der Waals surface area (Å²) in [4.78, 5) is 30.1. The summed E-state index contributed by atoms with van der Waals surface area (Å²) in [5.41, 5.74) is 3.61. The third kappa shape index (κ3) is 3.93. The molecule has 1 aromatic rings. The molecule has 1 aromatic carbocycles. The van der Waals surface area contributed by atoms with Crippen LogP contribution < -0.4 is 5.32 Å². The second-order valence-corrected chi connectivity index (χ2v) is 7.92. The van der Waals surface area contributed by atoms with Crippen LogP contribution in [0.1, 0.15) is 27.9 Å². The first-order valence-electron chi connectivity index (χ1n) is 9.97. The number of fused-ring (bicyclic) bond motifs is 1. The minimum atomic E-state index is -0.904. The maximum absolute atomic E-state index is 13.1. The summed E-state index contributed by atoms with van der Waals surface area (Å²) in [6, 6.07) is 4.06. The van der Waals surface area contributed by atoms with Gasteiger partial charge in [0, 0.05) is 50.6 Å². The van der Waals surface area contributed by atoms with Crippen LogP contribution in [0.15, 0.2) is 12.1 Å². The highest BCUT2D eigenvalue weighted by atomic mass is 16.5. The number of anilines is 1. The summed E-state index contributed by atoms with van der Waals surface area (Å²) in [6.07, 6.45) is 0.633. The Hall–Kier alpha value is -2.32. The average molecular weight is 388 g/mol. The average Bonchev–Trinajstić information content (AvgIpc) is 3.20. The molecular weight excluding hydrogens is 360 g/mol. The normalized spacial score (nSPS) is 22.8. The molecule has 2 N–H and O–H groups in total. The van der Waals surface area contributed by atoms with Gasteiger partial charge in [0.15, 0.2) is 0 Å². The van der Waals surface area contributed by atoms with E-state index < -0.39 is 6.09 Å². The Morgan fingerprint density at radius 2 is 1.93 bits per heavy atom. The third-order valence-electron chi connectivity index (χ3n) is 5.94. The molecule has 4 rings (SSSR count). The van der Waals surface area contributed by atoms with Gasteiger partial charge in [-0.2, -0.15) is 0 Å². The van der Waals surface area contributed by atoms with E-state index in [0.717, 1.165) is 56.0 Å².